The summed E-state index contributed by atoms with van der Waals surface area (Å²) in [6.45, 7) is 16.5. The van der Waals surface area contributed by atoms with E-state index in [0.29, 0.717) is 39.3 Å². The lowest BCUT2D eigenvalue weighted by molar-refractivity contribution is -0.147. The number of amides is 3. The van der Waals surface area contributed by atoms with Gasteiger partial charge in [-0.1, -0.05) is 26.0 Å². The van der Waals surface area contributed by atoms with Gasteiger partial charge in [-0.25, -0.2) is 0 Å². The number of aliphatic hydroxyl groups is 1. The molecule has 3 unspecified atom stereocenters. The predicted octanol–water partition coefficient (Wildman–Crippen LogP) is 1.09. The van der Waals surface area contributed by atoms with E-state index in [1.165, 1.54) is 0 Å². The number of nitrogens with zero attached hydrogens (tertiary/aromatic N) is 4. The smallest absolute Gasteiger partial charge is 0.247 e. The first kappa shape index (κ1) is 29.1. The minimum Gasteiger partial charge on any atom is -0.394 e. The van der Waals surface area contributed by atoms with Gasteiger partial charge in [0, 0.05) is 51.6 Å². The number of carbonyl (C=O) groups is 3. The second kappa shape index (κ2) is 12.1. The summed E-state index contributed by atoms with van der Waals surface area (Å²) in [5.41, 5.74) is 0. The predicted molar refractivity (Wildman–Crippen MR) is 149 cm³/mol. The van der Waals surface area contributed by atoms with Gasteiger partial charge in [-0.3, -0.25) is 19.3 Å². The molecular formula is C28H44N4O5S. The number of fused-ring (bicyclic) bond motifs is 1. The van der Waals surface area contributed by atoms with Crippen molar-refractivity contribution in [2.75, 3.05) is 66.1 Å². The van der Waals surface area contributed by atoms with Crippen molar-refractivity contribution in [1.82, 2.24) is 19.6 Å². The van der Waals surface area contributed by atoms with Crippen molar-refractivity contribution < 1.29 is 24.2 Å². The molecule has 0 aromatic heterocycles. The number of aliphatic hydroxyl groups excluding tert-OH is 1. The molecule has 10 heteroatoms. The van der Waals surface area contributed by atoms with Gasteiger partial charge in [0.25, 0.3) is 0 Å². The minimum atomic E-state index is -0.728. The fourth-order valence-electron chi connectivity index (χ4n) is 7.07. The first-order valence-electron chi connectivity index (χ1n) is 13.9. The van der Waals surface area contributed by atoms with Crippen molar-refractivity contribution in [2.45, 2.75) is 48.8 Å². The van der Waals surface area contributed by atoms with Crippen LogP contribution >= 0.6 is 11.8 Å². The highest BCUT2D eigenvalue weighted by molar-refractivity contribution is 8.02. The second-order valence-corrected chi connectivity index (χ2v) is 12.6. The highest BCUT2D eigenvalue weighted by atomic mass is 32.2. The first-order valence-corrected chi connectivity index (χ1v) is 14.8. The minimum absolute atomic E-state index is 0.00780. The van der Waals surface area contributed by atoms with Gasteiger partial charge in [0.1, 0.15) is 6.04 Å². The molecule has 1 spiro atoms. The first-order chi connectivity index (χ1) is 18.3. The number of thioether (sulfide) groups is 1. The van der Waals surface area contributed by atoms with E-state index in [1.807, 2.05) is 11.8 Å². The van der Waals surface area contributed by atoms with Crippen LogP contribution in [0.2, 0.25) is 0 Å². The zero-order valence-electron chi connectivity index (χ0n) is 23.1. The molecule has 0 aromatic rings. The van der Waals surface area contributed by atoms with Crippen molar-refractivity contribution in [2.24, 2.45) is 17.8 Å². The summed E-state index contributed by atoms with van der Waals surface area (Å²) >= 11 is 1.68. The standard InChI is InChI=1S/C28H44N4O5S/c1-6-9-29(5)25(34)22-21-17-19(4)28(38-21)23(22)26(35)32(20(8-3)18-33)24(28)27(36)31(10-7-2)12-11-30-13-15-37-16-14-30/h6-7,19-24,33H,1-2,8-18H2,3-5H3/t19?,20-,21+,22-,23-,24?,28?/m0/s1. The van der Waals surface area contributed by atoms with Crippen LogP contribution in [0.15, 0.2) is 25.3 Å². The molecule has 38 heavy (non-hydrogen) atoms. The average molecular weight is 549 g/mol. The Kier molecular flexibility index (Phi) is 9.27. The van der Waals surface area contributed by atoms with Gasteiger partial charge in [-0.2, -0.15) is 0 Å². The molecule has 212 valence electrons. The number of likely N-dealkylation sites (N-methyl/N-ethyl adjacent to an activating group) is 1. The molecule has 0 aromatic carbocycles. The van der Waals surface area contributed by atoms with Crippen LogP contribution in [0.5, 0.6) is 0 Å². The maximum absolute atomic E-state index is 14.5. The molecule has 3 amide bonds. The Labute approximate surface area is 231 Å². The van der Waals surface area contributed by atoms with Gasteiger partial charge in [-0.05, 0) is 18.8 Å². The molecule has 0 radical (unpaired) electrons. The van der Waals surface area contributed by atoms with Gasteiger partial charge in [0.15, 0.2) is 0 Å². The molecule has 4 rings (SSSR count). The number of ether oxygens (including phenoxy) is 1. The Bertz CT molecular complexity index is 923. The van der Waals surface area contributed by atoms with Crippen molar-refractivity contribution in [3.63, 3.8) is 0 Å². The van der Waals surface area contributed by atoms with E-state index >= 15 is 0 Å². The number of likely N-dealkylation sites (tertiary alicyclic amines) is 1. The van der Waals surface area contributed by atoms with Crippen LogP contribution in [0.3, 0.4) is 0 Å². The highest BCUT2D eigenvalue weighted by Crippen LogP contribution is 2.69. The molecule has 2 bridgehead atoms. The zero-order chi connectivity index (χ0) is 27.6. The summed E-state index contributed by atoms with van der Waals surface area (Å²) in [5.74, 6) is -1.31. The van der Waals surface area contributed by atoms with E-state index in [9.17, 15) is 19.5 Å². The summed E-state index contributed by atoms with van der Waals surface area (Å²) in [6.07, 6.45) is 4.74. The van der Waals surface area contributed by atoms with Crippen LogP contribution in [0, 0.1) is 17.8 Å². The molecule has 1 N–H and O–H groups in total. The third-order valence-electron chi connectivity index (χ3n) is 9.01. The summed E-state index contributed by atoms with van der Waals surface area (Å²) in [5, 5.41) is 10.3. The Balaban J connectivity index is 1.70. The zero-order valence-corrected chi connectivity index (χ0v) is 23.9. The van der Waals surface area contributed by atoms with Gasteiger partial charge < -0.3 is 24.5 Å². The lowest BCUT2D eigenvalue weighted by Crippen LogP contribution is -2.60. The highest BCUT2D eigenvalue weighted by Gasteiger charge is 2.76. The number of morpholine rings is 1. The monoisotopic (exact) mass is 548 g/mol. The fourth-order valence-corrected chi connectivity index (χ4v) is 9.47. The van der Waals surface area contributed by atoms with Crippen LogP contribution in [-0.2, 0) is 19.1 Å². The quantitative estimate of drug-likeness (QED) is 0.365. The van der Waals surface area contributed by atoms with Crippen LogP contribution in [-0.4, -0.2) is 131 Å². The molecule has 4 aliphatic rings. The van der Waals surface area contributed by atoms with Crippen LogP contribution in [0.25, 0.3) is 0 Å². The van der Waals surface area contributed by atoms with E-state index in [1.54, 1.807) is 40.8 Å². The summed E-state index contributed by atoms with van der Waals surface area (Å²) in [6, 6.07) is -1.20. The SMILES string of the molecule is C=CCN(C)C(=O)[C@@H]1[C@H]2C(=O)N([C@@H](CC)CO)C(C(=O)N(CC=C)CCN3CCOCC3)C23S[C@@H]1CC3C. The van der Waals surface area contributed by atoms with Crippen LogP contribution < -0.4 is 0 Å². The molecule has 0 saturated carbocycles. The Morgan fingerprint density at radius 2 is 1.92 bits per heavy atom. The third kappa shape index (κ3) is 4.82. The van der Waals surface area contributed by atoms with Gasteiger partial charge in [-0.15, -0.1) is 24.9 Å². The number of hydrogen-bond donors (Lipinski definition) is 1. The van der Waals surface area contributed by atoms with E-state index in [2.05, 4.69) is 25.0 Å². The molecule has 9 nitrogen and oxygen atoms in total. The van der Waals surface area contributed by atoms with Gasteiger partial charge in [0.05, 0.1) is 42.4 Å². The van der Waals surface area contributed by atoms with Gasteiger partial charge >= 0.3 is 0 Å². The van der Waals surface area contributed by atoms with E-state index in [4.69, 9.17) is 4.74 Å². The van der Waals surface area contributed by atoms with E-state index < -0.39 is 28.7 Å². The average Bonchev–Trinajstić information content (AvgIpc) is 3.51. The number of hydrogen-bond acceptors (Lipinski definition) is 7. The van der Waals surface area contributed by atoms with Crippen molar-refractivity contribution in [1.29, 1.82) is 0 Å². The summed E-state index contributed by atoms with van der Waals surface area (Å²) in [4.78, 5) is 49.8. The lowest BCUT2D eigenvalue weighted by Gasteiger charge is -2.42. The topological polar surface area (TPSA) is 93.6 Å². The molecule has 0 aliphatic carbocycles. The fraction of sp³-hybridized carbons (Fsp3) is 0.750. The summed E-state index contributed by atoms with van der Waals surface area (Å²) in [7, 11) is 1.75. The maximum Gasteiger partial charge on any atom is 0.247 e. The lowest BCUT2D eigenvalue weighted by atomic mass is 9.65. The van der Waals surface area contributed by atoms with Crippen molar-refractivity contribution in [3.8, 4) is 0 Å². The second-order valence-electron chi connectivity index (χ2n) is 11.1. The van der Waals surface area contributed by atoms with Crippen LogP contribution in [0.4, 0.5) is 0 Å². The maximum atomic E-state index is 14.5. The van der Waals surface area contributed by atoms with Crippen molar-refractivity contribution in [3.05, 3.63) is 25.3 Å². The Morgan fingerprint density at radius 1 is 1.24 bits per heavy atom. The normalized spacial score (nSPS) is 33.2. The van der Waals surface area contributed by atoms with E-state index in [-0.39, 0.29) is 35.5 Å². The molecular weight excluding hydrogens is 504 g/mol. The van der Waals surface area contributed by atoms with Crippen molar-refractivity contribution >= 4 is 29.5 Å². The largest absolute Gasteiger partial charge is 0.394 e. The van der Waals surface area contributed by atoms with E-state index in [0.717, 1.165) is 26.1 Å². The summed E-state index contributed by atoms with van der Waals surface area (Å²) < 4.78 is 4.77. The molecule has 7 atom stereocenters. The molecule has 4 saturated heterocycles. The van der Waals surface area contributed by atoms with Crippen LogP contribution in [0.1, 0.15) is 26.7 Å². The molecule has 4 aliphatic heterocycles. The van der Waals surface area contributed by atoms with Gasteiger partial charge in [0.2, 0.25) is 17.7 Å². The number of rotatable bonds is 12. The number of carbonyl (C=O) groups excluding carboxylic acids is 3. The Hall–Kier alpha value is -1.88. The molecule has 4 fully saturated rings. The Morgan fingerprint density at radius 3 is 2.53 bits per heavy atom. The third-order valence-corrected chi connectivity index (χ3v) is 11.1. The molecule has 4 heterocycles.